The zero-order valence-corrected chi connectivity index (χ0v) is 17.5. The maximum atomic E-state index is 12.9. The summed E-state index contributed by atoms with van der Waals surface area (Å²) in [5.41, 5.74) is -0.632. The summed E-state index contributed by atoms with van der Waals surface area (Å²) in [5, 5.41) is 4.46. The number of ether oxygens (including phenoxy) is 1. The van der Waals surface area contributed by atoms with Crippen LogP contribution in [0.3, 0.4) is 0 Å². The Kier molecular flexibility index (Phi) is 8.04. The number of nitrogens with one attached hydrogen (secondary N) is 2. The number of halogens is 4. The summed E-state index contributed by atoms with van der Waals surface area (Å²) in [5.74, 6) is -1.19. The molecule has 2 N–H and O–H groups in total. The van der Waals surface area contributed by atoms with Crippen LogP contribution in [0.2, 0.25) is 5.02 Å². The number of amides is 2. The van der Waals surface area contributed by atoms with Crippen LogP contribution in [0.4, 0.5) is 24.5 Å². The molecule has 0 saturated carbocycles. The van der Waals surface area contributed by atoms with E-state index in [1.807, 2.05) is 6.92 Å². The SMILES string of the molecule is CCCC(=O)Nc1ccc(OCC(=O)Nc2ccc(Cl)c(C(F)(F)F)c2)c(C(C)=O)c1. The van der Waals surface area contributed by atoms with Gasteiger partial charge in [0.1, 0.15) is 5.75 Å². The molecule has 6 nitrogen and oxygen atoms in total. The van der Waals surface area contributed by atoms with E-state index in [1.165, 1.54) is 31.2 Å². The highest BCUT2D eigenvalue weighted by Crippen LogP contribution is 2.36. The van der Waals surface area contributed by atoms with Gasteiger partial charge in [-0.25, -0.2) is 0 Å². The number of benzene rings is 2. The number of anilines is 2. The first-order chi connectivity index (χ1) is 14.5. The van der Waals surface area contributed by atoms with Gasteiger partial charge in [-0.1, -0.05) is 18.5 Å². The number of carbonyl (C=O) groups is 3. The Hall–Kier alpha value is -3.07. The number of hydrogen-bond acceptors (Lipinski definition) is 4. The molecule has 0 bridgehead atoms. The van der Waals surface area contributed by atoms with Crippen LogP contribution in [0.1, 0.15) is 42.6 Å². The number of hydrogen-bond donors (Lipinski definition) is 2. The van der Waals surface area contributed by atoms with Crippen LogP contribution in [-0.4, -0.2) is 24.2 Å². The van der Waals surface area contributed by atoms with Gasteiger partial charge in [0, 0.05) is 17.8 Å². The normalized spacial score (nSPS) is 11.0. The van der Waals surface area contributed by atoms with Crippen LogP contribution < -0.4 is 15.4 Å². The molecule has 166 valence electrons. The fourth-order valence-electron chi connectivity index (χ4n) is 2.62. The van der Waals surface area contributed by atoms with Crippen LogP contribution in [-0.2, 0) is 15.8 Å². The molecular formula is C21H20ClF3N2O4. The van der Waals surface area contributed by atoms with E-state index in [0.29, 0.717) is 18.5 Å². The molecule has 2 aromatic rings. The second-order valence-electron chi connectivity index (χ2n) is 6.59. The molecule has 0 heterocycles. The molecule has 0 aliphatic heterocycles. The Morgan fingerprint density at radius 3 is 2.23 bits per heavy atom. The first kappa shape index (κ1) is 24.2. The van der Waals surface area contributed by atoms with Gasteiger partial charge in [-0.3, -0.25) is 14.4 Å². The summed E-state index contributed by atoms with van der Waals surface area (Å²) in [4.78, 5) is 35.7. The van der Waals surface area contributed by atoms with Crippen molar-refractivity contribution in [1.82, 2.24) is 0 Å². The average Bonchev–Trinajstić information content (AvgIpc) is 2.67. The van der Waals surface area contributed by atoms with Gasteiger partial charge in [0.05, 0.1) is 16.1 Å². The number of alkyl halides is 3. The molecule has 0 atom stereocenters. The second kappa shape index (κ2) is 10.3. The zero-order valence-electron chi connectivity index (χ0n) is 16.7. The lowest BCUT2D eigenvalue weighted by molar-refractivity contribution is -0.137. The maximum absolute atomic E-state index is 12.9. The Balaban J connectivity index is 2.08. The first-order valence-corrected chi connectivity index (χ1v) is 9.63. The van der Waals surface area contributed by atoms with Gasteiger partial charge >= 0.3 is 6.18 Å². The topological polar surface area (TPSA) is 84.5 Å². The molecular weight excluding hydrogens is 437 g/mol. The van der Waals surface area contributed by atoms with Crippen molar-refractivity contribution in [3.05, 3.63) is 52.5 Å². The molecule has 0 spiro atoms. The first-order valence-electron chi connectivity index (χ1n) is 9.25. The van der Waals surface area contributed by atoms with Crippen molar-refractivity contribution < 1.29 is 32.3 Å². The summed E-state index contributed by atoms with van der Waals surface area (Å²) in [6.07, 6.45) is -3.67. The van der Waals surface area contributed by atoms with Crippen LogP contribution in [0.25, 0.3) is 0 Å². The minimum absolute atomic E-state index is 0.100. The van der Waals surface area contributed by atoms with E-state index in [-0.39, 0.29) is 28.7 Å². The average molecular weight is 457 g/mol. The number of carbonyl (C=O) groups excluding carboxylic acids is 3. The Bertz CT molecular complexity index is 993. The van der Waals surface area contributed by atoms with E-state index in [1.54, 1.807) is 0 Å². The van der Waals surface area contributed by atoms with E-state index in [0.717, 1.165) is 12.1 Å². The van der Waals surface area contributed by atoms with E-state index < -0.39 is 29.3 Å². The highest BCUT2D eigenvalue weighted by molar-refractivity contribution is 6.31. The molecule has 31 heavy (non-hydrogen) atoms. The Labute approximate surface area is 181 Å². The summed E-state index contributed by atoms with van der Waals surface area (Å²) >= 11 is 5.55. The molecule has 2 amide bonds. The predicted octanol–water partition coefficient (Wildman–Crippen LogP) is 5.32. The maximum Gasteiger partial charge on any atom is 0.417 e. The van der Waals surface area contributed by atoms with Crippen molar-refractivity contribution >= 4 is 40.6 Å². The molecule has 10 heteroatoms. The lowest BCUT2D eigenvalue weighted by Gasteiger charge is -2.14. The molecule has 0 saturated heterocycles. The van der Waals surface area contributed by atoms with Crippen LogP contribution in [0.15, 0.2) is 36.4 Å². The monoisotopic (exact) mass is 456 g/mol. The quantitative estimate of drug-likeness (QED) is 0.527. The lowest BCUT2D eigenvalue weighted by Crippen LogP contribution is -2.21. The van der Waals surface area contributed by atoms with Crippen molar-refractivity contribution in [2.75, 3.05) is 17.2 Å². The Morgan fingerprint density at radius 2 is 1.61 bits per heavy atom. The number of Topliss-reactive ketones (excluding diaryl/α,β-unsaturated/α-hetero) is 1. The van der Waals surface area contributed by atoms with Gasteiger partial charge in [0.15, 0.2) is 12.4 Å². The van der Waals surface area contributed by atoms with E-state index in [2.05, 4.69) is 10.6 Å². The molecule has 2 rings (SSSR count). The van der Waals surface area contributed by atoms with Gasteiger partial charge in [0.25, 0.3) is 5.91 Å². The second-order valence-corrected chi connectivity index (χ2v) is 7.00. The minimum Gasteiger partial charge on any atom is -0.483 e. The van der Waals surface area contributed by atoms with Crippen molar-refractivity contribution in [2.24, 2.45) is 0 Å². The molecule has 0 aliphatic carbocycles. The van der Waals surface area contributed by atoms with E-state index >= 15 is 0 Å². The summed E-state index contributed by atoms with van der Waals surface area (Å²) in [6.45, 7) is 2.61. The molecule has 0 unspecified atom stereocenters. The molecule has 0 fully saturated rings. The van der Waals surface area contributed by atoms with Crippen molar-refractivity contribution in [3.63, 3.8) is 0 Å². The largest absolute Gasteiger partial charge is 0.483 e. The summed E-state index contributed by atoms with van der Waals surface area (Å²) < 4.78 is 44.2. The summed E-state index contributed by atoms with van der Waals surface area (Å²) in [7, 11) is 0. The third-order valence-corrected chi connectivity index (χ3v) is 4.36. The third kappa shape index (κ3) is 6.99. The smallest absolute Gasteiger partial charge is 0.417 e. The van der Waals surface area contributed by atoms with Crippen LogP contribution in [0.5, 0.6) is 5.75 Å². The third-order valence-electron chi connectivity index (χ3n) is 4.03. The van der Waals surface area contributed by atoms with Crippen molar-refractivity contribution in [2.45, 2.75) is 32.9 Å². The molecule has 0 radical (unpaired) electrons. The van der Waals surface area contributed by atoms with Crippen molar-refractivity contribution in [3.8, 4) is 5.75 Å². The molecule has 0 aromatic heterocycles. The van der Waals surface area contributed by atoms with Gasteiger partial charge < -0.3 is 15.4 Å². The van der Waals surface area contributed by atoms with Crippen LogP contribution >= 0.6 is 11.6 Å². The Morgan fingerprint density at radius 1 is 1.00 bits per heavy atom. The van der Waals surface area contributed by atoms with Crippen LogP contribution in [0, 0.1) is 0 Å². The zero-order chi connectivity index (χ0) is 23.2. The number of rotatable bonds is 8. The highest BCUT2D eigenvalue weighted by atomic mass is 35.5. The van der Waals surface area contributed by atoms with Gasteiger partial charge in [-0.05, 0) is 49.7 Å². The molecule has 2 aromatic carbocycles. The van der Waals surface area contributed by atoms with Gasteiger partial charge in [-0.2, -0.15) is 13.2 Å². The molecule has 0 aliphatic rings. The fraction of sp³-hybridized carbons (Fsp3) is 0.286. The standard InChI is InChI=1S/C21H20ClF3N2O4/c1-3-4-19(29)26-13-6-8-18(15(9-13)12(2)28)31-11-20(30)27-14-5-7-17(22)16(10-14)21(23,24)25/h5-10H,3-4,11H2,1-2H3,(H,26,29)(H,27,30). The van der Waals surface area contributed by atoms with E-state index in [4.69, 9.17) is 16.3 Å². The van der Waals surface area contributed by atoms with Gasteiger partial charge in [0.2, 0.25) is 5.91 Å². The highest BCUT2D eigenvalue weighted by Gasteiger charge is 2.33. The number of ketones is 1. The fourth-order valence-corrected chi connectivity index (χ4v) is 2.84. The minimum atomic E-state index is -4.67. The predicted molar refractivity (Wildman–Crippen MR) is 111 cm³/mol. The van der Waals surface area contributed by atoms with Gasteiger partial charge in [-0.15, -0.1) is 0 Å². The van der Waals surface area contributed by atoms with E-state index in [9.17, 15) is 27.6 Å². The summed E-state index contributed by atoms with van der Waals surface area (Å²) in [6, 6.07) is 7.34. The lowest BCUT2D eigenvalue weighted by atomic mass is 10.1. The van der Waals surface area contributed by atoms with Crippen molar-refractivity contribution in [1.29, 1.82) is 0 Å².